The molecule has 0 radical (unpaired) electrons. The maximum absolute atomic E-state index is 11.6. The second-order valence-corrected chi connectivity index (χ2v) is 4.11. The van der Waals surface area contributed by atoms with Crippen LogP contribution in [0.15, 0.2) is 0 Å². The summed E-state index contributed by atoms with van der Waals surface area (Å²) in [6, 6.07) is 0.652. The van der Waals surface area contributed by atoms with Crippen LogP contribution in [0.2, 0.25) is 0 Å². The average Bonchev–Trinajstić information content (AvgIpc) is 1.96. The Bertz CT molecular complexity index is 176. The largest absolute Gasteiger partial charge is 0.343 e. The van der Waals surface area contributed by atoms with Crippen LogP contribution in [0.1, 0.15) is 39.0 Å². The van der Waals surface area contributed by atoms with Gasteiger partial charge in [0.25, 0.3) is 0 Å². The maximum Gasteiger partial charge on any atom is 0.222 e. The highest BCUT2D eigenvalue weighted by Gasteiger charge is 2.25. The van der Waals surface area contributed by atoms with Gasteiger partial charge in [-0.1, -0.05) is 0 Å². The molecule has 1 fully saturated rings. The number of amides is 1. The highest BCUT2D eigenvalue weighted by atomic mass is 16.2. The van der Waals surface area contributed by atoms with Gasteiger partial charge in [-0.05, 0) is 32.6 Å². The molecule has 13 heavy (non-hydrogen) atoms. The minimum atomic E-state index is 0.138. The van der Waals surface area contributed by atoms with E-state index in [1.165, 1.54) is 19.3 Å². The highest BCUT2D eigenvalue weighted by molar-refractivity contribution is 5.76. The van der Waals surface area contributed by atoms with Crippen LogP contribution in [0.4, 0.5) is 0 Å². The Labute approximate surface area is 80.3 Å². The zero-order valence-electron chi connectivity index (χ0n) is 8.62. The van der Waals surface area contributed by atoms with E-state index < -0.39 is 0 Å². The summed E-state index contributed by atoms with van der Waals surface area (Å²) < 4.78 is 0. The fourth-order valence-corrected chi connectivity index (χ4v) is 1.51. The molecule has 0 bridgehead atoms. The normalized spacial score (nSPS) is 19.3. The summed E-state index contributed by atoms with van der Waals surface area (Å²) in [6.45, 7) is 1.94. The Kier molecular flexibility index (Phi) is 3.72. The molecular formula is C10H20N2O. The molecule has 1 unspecified atom stereocenters. The molecule has 0 aliphatic heterocycles. The Morgan fingerprint density at radius 3 is 2.62 bits per heavy atom. The summed E-state index contributed by atoms with van der Waals surface area (Å²) >= 11 is 0. The number of nitrogens with zero attached hydrogens (tertiary/aromatic N) is 1. The topological polar surface area (TPSA) is 46.3 Å². The molecule has 1 amide bonds. The predicted molar refractivity (Wildman–Crippen MR) is 53.3 cm³/mol. The van der Waals surface area contributed by atoms with Crippen molar-refractivity contribution in [2.45, 2.75) is 51.1 Å². The fraction of sp³-hybridized carbons (Fsp3) is 0.900. The average molecular weight is 184 g/mol. The van der Waals surface area contributed by atoms with E-state index in [1.807, 2.05) is 18.9 Å². The van der Waals surface area contributed by atoms with E-state index in [2.05, 4.69) is 0 Å². The third-order valence-electron chi connectivity index (χ3n) is 2.83. The SMILES string of the molecule is CC(N)CCC(=O)N(C)C1CCC1. The number of nitrogens with two attached hydrogens (primary N) is 1. The first kappa shape index (κ1) is 10.5. The minimum Gasteiger partial charge on any atom is -0.343 e. The zero-order chi connectivity index (χ0) is 9.84. The summed E-state index contributed by atoms with van der Waals surface area (Å²) in [5.41, 5.74) is 5.59. The number of rotatable bonds is 4. The third kappa shape index (κ3) is 2.99. The van der Waals surface area contributed by atoms with Crippen LogP contribution in [0.3, 0.4) is 0 Å². The predicted octanol–water partition coefficient (Wildman–Crippen LogP) is 1.12. The number of carbonyl (C=O) groups excluding carboxylic acids is 1. The van der Waals surface area contributed by atoms with E-state index >= 15 is 0 Å². The van der Waals surface area contributed by atoms with Crippen LogP contribution in [0.5, 0.6) is 0 Å². The molecule has 1 aliphatic carbocycles. The summed E-state index contributed by atoms with van der Waals surface area (Å²) in [6.07, 6.45) is 5.04. The van der Waals surface area contributed by atoms with Crippen LogP contribution in [0, 0.1) is 0 Å². The first-order chi connectivity index (χ1) is 6.11. The lowest BCUT2D eigenvalue weighted by molar-refractivity contribution is -0.133. The van der Waals surface area contributed by atoms with E-state index in [0.717, 1.165) is 6.42 Å². The van der Waals surface area contributed by atoms with Crippen molar-refractivity contribution in [2.75, 3.05) is 7.05 Å². The number of carbonyl (C=O) groups is 1. The monoisotopic (exact) mass is 184 g/mol. The van der Waals surface area contributed by atoms with Gasteiger partial charge < -0.3 is 10.6 Å². The van der Waals surface area contributed by atoms with Crippen molar-refractivity contribution in [3.05, 3.63) is 0 Å². The van der Waals surface area contributed by atoms with Gasteiger partial charge in [0.2, 0.25) is 5.91 Å². The van der Waals surface area contributed by atoms with Gasteiger partial charge in [0.05, 0.1) is 0 Å². The van der Waals surface area contributed by atoms with Gasteiger partial charge in [0, 0.05) is 25.6 Å². The fourth-order valence-electron chi connectivity index (χ4n) is 1.51. The summed E-state index contributed by atoms with van der Waals surface area (Å²) in [5, 5.41) is 0. The van der Waals surface area contributed by atoms with E-state index in [9.17, 15) is 4.79 Å². The Hall–Kier alpha value is -0.570. The molecule has 0 aromatic rings. The first-order valence-corrected chi connectivity index (χ1v) is 5.12. The van der Waals surface area contributed by atoms with Crippen molar-refractivity contribution in [3.63, 3.8) is 0 Å². The lowest BCUT2D eigenvalue weighted by atomic mass is 9.91. The van der Waals surface area contributed by atoms with Gasteiger partial charge in [-0.3, -0.25) is 4.79 Å². The highest BCUT2D eigenvalue weighted by Crippen LogP contribution is 2.24. The van der Waals surface area contributed by atoms with Gasteiger partial charge in [0.1, 0.15) is 0 Å². The number of hydrogen-bond acceptors (Lipinski definition) is 2. The summed E-state index contributed by atoms with van der Waals surface area (Å²) in [7, 11) is 1.91. The van der Waals surface area contributed by atoms with Crippen molar-refractivity contribution in [1.29, 1.82) is 0 Å². The van der Waals surface area contributed by atoms with E-state index in [0.29, 0.717) is 12.5 Å². The van der Waals surface area contributed by atoms with E-state index in [1.54, 1.807) is 0 Å². The molecule has 76 valence electrons. The molecule has 0 aromatic heterocycles. The standard InChI is InChI=1S/C10H20N2O/c1-8(11)6-7-10(13)12(2)9-4-3-5-9/h8-9H,3-7,11H2,1-2H3. The second kappa shape index (κ2) is 4.61. The zero-order valence-corrected chi connectivity index (χ0v) is 8.62. The van der Waals surface area contributed by atoms with Gasteiger partial charge in [-0.2, -0.15) is 0 Å². The van der Waals surface area contributed by atoms with Crippen LogP contribution < -0.4 is 5.73 Å². The van der Waals surface area contributed by atoms with Crippen molar-refractivity contribution in [2.24, 2.45) is 5.73 Å². The van der Waals surface area contributed by atoms with Crippen LogP contribution in [0.25, 0.3) is 0 Å². The molecule has 3 nitrogen and oxygen atoms in total. The molecule has 1 saturated carbocycles. The van der Waals surface area contributed by atoms with Gasteiger partial charge in [0.15, 0.2) is 0 Å². The summed E-state index contributed by atoms with van der Waals surface area (Å²) in [5.74, 6) is 0.252. The molecule has 0 saturated heterocycles. The van der Waals surface area contributed by atoms with E-state index in [4.69, 9.17) is 5.73 Å². The molecule has 1 atom stereocenters. The Morgan fingerprint density at radius 1 is 1.62 bits per heavy atom. The maximum atomic E-state index is 11.6. The van der Waals surface area contributed by atoms with E-state index in [-0.39, 0.29) is 11.9 Å². The molecule has 3 heteroatoms. The van der Waals surface area contributed by atoms with Gasteiger partial charge in [-0.15, -0.1) is 0 Å². The van der Waals surface area contributed by atoms with Gasteiger partial charge >= 0.3 is 0 Å². The molecule has 0 aromatic carbocycles. The van der Waals surface area contributed by atoms with Crippen LogP contribution >= 0.6 is 0 Å². The van der Waals surface area contributed by atoms with Crippen molar-refractivity contribution >= 4 is 5.91 Å². The van der Waals surface area contributed by atoms with Gasteiger partial charge in [-0.25, -0.2) is 0 Å². The van der Waals surface area contributed by atoms with Crippen LogP contribution in [-0.2, 0) is 4.79 Å². The molecule has 0 heterocycles. The second-order valence-electron chi connectivity index (χ2n) is 4.11. The third-order valence-corrected chi connectivity index (χ3v) is 2.83. The molecule has 1 aliphatic rings. The molecule has 1 rings (SSSR count). The molecule has 0 spiro atoms. The first-order valence-electron chi connectivity index (χ1n) is 5.12. The lowest BCUT2D eigenvalue weighted by Gasteiger charge is -2.34. The summed E-state index contributed by atoms with van der Waals surface area (Å²) in [4.78, 5) is 13.4. The Balaban J connectivity index is 2.21. The quantitative estimate of drug-likeness (QED) is 0.711. The van der Waals surface area contributed by atoms with Crippen molar-refractivity contribution < 1.29 is 4.79 Å². The Morgan fingerprint density at radius 2 is 2.23 bits per heavy atom. The minimum absolute atomic E-state index is 0.138. The molecular weight excluding hydrogens is 164 g/mol. The lowest BCUT2D eigenvalue weighted by Crippen LogP contribution is -2.41. The smallest absolute Gasteiger partial charge is 0.222 e. The van der Waals surface area contributed by atoms with Crippen molar-refractivity contribution in [1.82, 2.24) is 4.90 Å². The van der Waals surface area contributed by atoms with Crippen molar-refractivity contribution in [3.8, 4) is 0 Å². The number of hydrogen-bond donors (Lipinski definition) is 1. The van der Waals surface area contributed by atoms with Crippen LogP contribution in [-0.4, -0.2) is 29.9 Å². The molecule has 2 N–H and O–H groups in total.